The second-order valence-corrected chi connectivity index (χ2v) is 4.40. The molecule has 0 bridgehead atoms. The summed E-state index contributed by atoms with van der Waals surface area (Å²) in [6, 6.07) is 11.2. The van der Waals surface area contributed by atoms with Crippen molar-refractivity contribution in [2.75, 3.05) is 0 Å². The highest BCUT2D eigenvalue weighted by atomic mass is 19.1. The van der Waals surface area contributed by atoms with Crippen LogP contribution in [0.1, 0.15) is 28.4 Å². The van der Waals surface area contributed by atoms with E-state index in [1.54, 1.807) is 36.4 Å². The Kier molecular flexibility index (Phi) is 4.48. The topological polar surface area (TPSA) is 52.3 Å². The molecule has 20 heavy (non-hydrogen) atoms. The summed E-state index contributed by atoms with van der Waals surface area (Å²) in [5.41, 5.74) is 7.42. The Hall–Kier alpha value is -2.20. The van der Waals surface area contributed by atoms with E-state index in [2.05, 4.69) is 0 Å². The van der Waals surface area contributed by atoms with Gasteiger partial charge in [0.1, 0.15) is 11.6 Å². The fourth-order valence-corrected chi connectivity index (χ4v) is 1.82. The van der Waals surface area contributed by atoms with Gasteiger partial charge in [-0.15, -0.1) is 0 Å². The van der Waals surface area contributed by atoms with Gasteiger partial charge in [-0.3, -0.25) is 0 Å². The molecule has 0 saturated heterocycles. The number of esters is 1. The van der Waals surface area contributed by atoms with Gasteiger partial charge in [0.05, 0.1) is 5.56 Å². The van der Waals surface area contributed by atoms with Crippen molar-refractivity contribution in [3.05, 3.63) is 65.0 Å². The van der Waals surface area contributed by atoms with E-state index in [4.69, 9.17) is 10.5 Å². The number of carbonyl (C=O) groups is 1. The molecule has 0 atom stereocenters. The minimum Gasteiger partial charge on any atom is -0.423 e. The number of ether oxygens (including phenoxy) is 1. The molecule has 104 valence electrons. The molecule has 0 unspecified atom stereocenters. The summed E-state index contributed by atoms with van der Waals surface area (Å²) >= 11 is 0. The summed E-state index contributed by atoms with van der Waals surface area (Å²) in [6.45, 7) is 2.28. The molecule has 0 aliphatic carbocycles. The minimum absolute atomic E-state index is 0.201. The van der Waals surface area contributed by atoms with Crippen LogP contribution in [-0.2, 0) is 13.0 Å². The normalized spacial score (nSPS) is 10.3. The van der Waals surface area contributed by atoms with Gasteiger partial charge in [0.15, 0.2) is 0 Å². The Balaban J connectivity index is 2.12. The third kappa shape index (κ3) is 3.22. The molecule has 0 fully saturated rings. The number of nitrogens with two attached hydrogens (primary N) is 1. The molecular formula is C16H16FNO2. The Bertz CT molecular complexity index is 608. The van der Waals surface area contributed by atoms with E-state index >= 15 is 0 Å². The lowest BCUT2D eigenvalue weighted by molar-refractivity contribution is 0.0734. The van der Waals surface area contributed by atoms with Crippen molar-refractivity contribution < 1.29 is 13.9 Å². The second kappa shape index (κ2) is 6.30. The molecule has 0 aliphatic heterocycles. The van der Waals surface area contributed by atoms with Crippen LogP contribution in [0.15, 0.2) is 42.5 Å². The first-order chi connectivity index (χ1) is 9.63. The molecular weight excluding hydrogens is 257 g/mol. The maximum atomic E-state index is 13.6. The molecule has 0 heterocycles. The standard InChI is InChI=1S/C16H16FNO2/c1-2-12-7-8-14(9-15(12)17)20-16(19)13-5-3-11(10-18)4-6-13/h3-9H,2,10,18H2,1H3. The van der Waals surface area contributed by atoms with Crippen molar-refractivity contribution in [3.8, 4) is 5.75 Å². The molecule has 0 radical (unpaired) electrons. The maximum absolute atomic E-state index is 13.6. The zero-order valence-electron chi connectivity index (χ0n) is 11.2. The molecule has 2 N–H and O–H groups in total. The van der Waals surface area contributed by atoms with E-state index in [0.29, 0.717) is 24.1 Å². The zero-order chi connectivity index (χ0) is 14.5. The van der Waals surface area contributed by atoms with Gasteiger partial charge in [-0.2, -0.15) is 0 Å². The Morgan fingerprint density at radius 1 is 1.20 bits per heavy atom. The zero-order valence-corrected chi connectivity index (χ0v) is 11.2. The van der Waals surface area contributed by atoms with Gasteiger partial charge in [0.25, 0.3) is 0 Å². The lowest BCUT2D eigenvalue weighted by atomic mass is 10.1. The molecule has 0 saturated carbocycles. The lowest BCUT2D eigenvalue weighted by Gasteiger charge is -2.06. The van der Waals surface area contributed by atoms with Crippen molar-refractivity contribution in [2.24, 2.45) is 5.73 Å². The predicted octanol–water partition coefficient (Wildman–Crippen LogP) is 3.07. The van der Waals surface area contributed by atoms with Crippen LogP contribution in [0.3, 0.4) is 0 Å². The van der Waals surface area contributed by atoms with E-state index in [9.17, 15) is 9.18 Å². The third-order valence-electron chi connectivity index (χ3n) is 3.04. The van der Waals surface area contributed by atoms with E-state index < -0.39 is 5.97 Å². The van der Waals surface area contributed by atoms with Gasteiger partial charge < -0.3 is 10.5 Å². The van der Waals surface area contributed by atoms with Crippen molar-refractivity contribution >= 4 is 5.97 Å². The number of hydrogen-bond donors (Lipinski definition) is 1. The maximum Gasteiger partial charge on any atom is 0.343 e. The van der Waals surface area contributed by atoms with E-state index in [0.717, 1.165) is 5.56 Å². The van der Waals surface area contributed by atoms with Crippen LogP contribution in [0.2, 0.25) is 0 Å². The number of halogens is 1. The number of aryl methyl sites for hydroxylation is 1. The molecule has 3 nitrogen and oxygen atoms in total. The fourth-order valence-electron chi connectivity index (χ4n) is 1.82. The minimum atomic E-state index is -0.516. The lowest BCUT2D eigenvalue weighted by Crippen LogP contribution is -2.09. The quantitative estimate of drug-likeness (QED) is 0.688. The molecule has 0 aromatic heterocycles. The molecule has 2 rings (SSSR count). The Morgan fingerprint density at radius 2 is 1.90 bits per heavy atom. The van der Waals surface area contributed by atoms with Gasteiger partial charge >= 0.3 is 5.97 Å². The highest BCUT2D eigenvalue weighted by Gasteiger charge is 2.10. The van der Waals surface area contributed by atoms with Crippen LogP contribution >= 0.6 is 0 Å². The molecule has 0 aliphatic rings. The van der Waals surface area contributed by atoms with Gasteiger partial charge in [-0.1, -0.05) is 25.1 Å². The van der Waals surface area contributed by atoms with Gasteiger partial charge in [-0.05, 0) is 35.7 Å². The van der Waals surface area contributed by atoms with Crippen molar-refractivity contribution in [2.45, 2.75) is 19.9 Å². The monoisotopic (exact) mass is 273 g/mol. The summed E-state index contributed by atoms with van der Waals surface area (Å²) in [5.74, 6) is -0.680. The highest BCUT2D eigenvalue weighted by molar-refractivity contribution is 5.91. The predicted molar refractivity (Wildman–Crippen MR) is 75.1 cm³/mol. The highest BCUT2D eigenvalue weighted by Crippen LogP contribution is 2.18. The number of benzene rings is 2. The van der Waals surface area contributed by atoms with Crippen LogP contribution in [-0.4, -0.2) is 5.97 Å². The Morgan fingerprint density at radius 3 is 2.45 bits per heavy atom. The van der Waals surface area contributed by atoms with Gasteiger partial charge in [0, 0.05) is 12.6 Å². The van der Waals surface area contributed by atoms with Crippen LogP contribution in [0.25, 0.3) is 0 Å². The molecule has 4 heteroatoms. The molecule has 0 amide bonds. The van der Waals surface area contributed by atoms with Crippen molar-refractivity contribution in [3.63, 3.8) is 0 Å². The summed E-state index contributed by atoms with van der Waals surface area (Å²) in [5, 5.41) is 0. The average molecular weight is 273 g/mol. The number of hydrogen-bond acceptors (Lipinski definition) is 3. The first-order valence-electron chi connectivity index (χ1n) is 6.43. The van der Waals surface area contributed by atoms with Crippen LogP contribution < -0.4 is 10.5 Å². The van der Waals surface area contributed by atoms with Crippen LogP contribution in [0, 0.1) is 5.82 Å². The third-order valence-corrected chi connectivity index (χ3v) is 3.04. The van der Waals surface area contributed by atoms with E-state index in [-0.39, 0.29) is 11.6 Å². The van der Waals surface area contributed by atoms with Gasteiger partial charge in [0.2, 0.25) is 0 Å². The SMILES string of the molecule is CCc1ccc(OC(=O)c2ccc(CN)cc2)cc1F. The fraction of sp³-hybridized carbons (Fsp3) is 0.188. The molecule has 2 aromatic rings. The largest absolute Gasteiger partial charge is 0.423 e. The van der Waals surface area contributed by atoms with Gasteiger partial charge in [-0.25, -0.2) is 9.18 Å². The number of rotatable bonds is 4. The first kappa shape index (κ1) is 14.2. The average Bonchev–Trinajstić information content (AvgIpc) is 2.47. The summed E-state index contributed by atoms with van der Waals surface area (Å²) < 4.78 is 18.7. The smallest absolute Gasteiger partial charge is 0.343 e. The summed E-state index contributed by atoms with van der Waals surface area (Å²) in [4.78, 5) is 11.9. The molecule has 0 spiro atoms. The Labute approximate surface area is 117 Å². The molecule has 2 aromatic carbocycles. The second-order valence-electron chi connectivity index (χ2n) is 4.40. The van der Waals surface area contributed by atoms with Crippen LogP contribution in [0.4, 0.5) is 4.39 Å². The summed E-state index contributed by atoms with van der Waals surface area (Å²) in [7, 11) is 0. The first-order valence-corrected chi connectivity index (χ1v) is 6.43. The summed E-state index contributed by atoms with van der Waals surface area (Å²) in [6.07, 6.45) is 0.598. The van der Waals surface area contributed by atoms with Crippen molar-refractivity contribution in [1.29, 1.82) is 0 Å². The van der Waals surface area contributed by atoms with E-state index in [1.165, 1.54) is 6.07 Å². The van der Waals surface area contributed by atoms with Crippen molar-refractivity contribution in [1.82, 2.24) is 0 Å². The van der Waals surface area contributed by atoms with Crippen LogP contribution in [0.5, 0.6) is 5.75 Å². The number of carbonyl (C=O) groups excluding carboxylic acids is 1. The van der Waals surface area contributed by atoms with E-state index in [1.807, 2.05) is 6.92 Å².